The number of aromatic nitrogens is 2. The highest BCUT2D eigenvalue weighted by Crippen LogP contribution is 2.03. The molecule has 0 atom stereocenters. The molecule has 0 spiro atoms. The molecule has 2 heterocycles. The zero-order valence-electron chi connectivity index (χ0n) is 5.73. The van der Waals surface area contributed by atoms with Crippen LogP contribution in [0.3, 0.4) is 0 Å². The van der Waals surface area contributed by atoms with E-state index in [-0.39, 0.29) is 0 Å². The summed E-state index contributed by atoms with van der Waals surface area (Å²) in [6, 6.07) is 0. The molecule has 0 amide bonds. The van der Waals surface area contributed by atoms with E-state index in [2.05, 4.69) is 9.97 Å². The fourth-order valence-corrected chi connectivity index (χ4v) is 0.820. The van der Waals surface area contributed by atoms with Gasteiger partial charge in [-0.15, -0.1) is 0 Å². The third-order valence-electron chi connectivity index (χ3n) is 1.30. The highest BCUT2D eigenvalue weighted by molar-refractivity contribution is 5.00. The maximum Gasteiger partial charge on any atom is 0.200 e. The Balaban J connectivity index is 2.14. The van der Waals surface area contributed by atoms with Gasteiger partial charge < -0.3 is 8.83 Å². The topological polar surface area (TPSA) is 52.1 Å². The summed E-state index contributed by atoms with van der Waals surface area (Å²) in [6.07, 6.45) is 6.69. The third-order valence-corrected chi connectivity index (χ3v) is 1.30. The van der Waals surface area contributed by atoms with Crippen LogP contribution in [0.1, 0.15) is 11.6 Å². The number of oxazole rings is 2. The normalized spacial score (nSPS) is 10.2. The van der Waals surface area contributed by atoms with Crippen LogP contribution in [0, 0.1) is 0 Å². The van der Waals surface area contributed by atoms with E-state index in [1.807, 2.05) is 0 Å². The highest BCUT2D eigenvalue weighted by atomic mass is 16.3. The van der Waals surface area contributed by atoms with Crippen molar-refractivity contribution in [3.8, 4) is 0 Å². The van der Waals surface area contributed by atoms with Crippen LogP contribution in [-0.4, -0.2) is 9.97 Å². The minimum absolute atomic E-state index is 0.587. The zero-order valence-corrected chi connectivity index (χ0v) is 5.73. The van der Waals surface area contributed by atoms with Crippen molar-refractivity contribution < 1.29 is 8.83 Å². The van der Waals surface area contributed by atoms with Gasteiger partial charge in [0.25, 0.3) is 0 Å². The second-order valence-electron chi connectivity index (χ2n) is 2.08. The van der Waals surface area contributed by atoms with Gasteiger partial charge >= 0.3 is 0 Å². The van der Waals surface area contributed by atoms with Crippen molar-refractivity contribution >= 4 is 0 Å². The summed E-state index contributed by atoms with van der Waals surface area (Å²) in [5.41, 5.74) is 0.826. The lowest BCUT2D eigenvalue weighted by molar-refractivity contribution is 0.504. The lowest BCUT2D eigenvalue weighted by Gasteiger charge is -1.86. The Bertz CT molecular complexity index is 267. The molecule has 0 aromatic carbocycles. The third kappa shape index (κ3) is 1.29. The molecule has 56 valence electrons. The van der Waals surface area contributed by atoms with Crippen molar-refractivity contribution in [1.29, 1.82) is 0 Å². The fraction of sp³-hybridized carbons (Fsp3) is 0.143. The lowest BCUT2D eigenvalue weighted by atomic mass is 10.3. The average molecular weight is 150 g/mol. The van der Waals surface area contributed by atoms with Gasteiger partial charge in [0.05, 0.1) is 18.3 Å². The molecule has 0 saturated heterocycles. The largest absolute Gasteiger partial charge is 0.451 e. The molecule has 0 aliphatic rings. The Morgan fingerprint density at radius 3 is 3.00 bits per heavy atom. The molecule has 0 radical (unpaired) electrons. The molecule has 0 fully saturated rings. The van der Waals surface area contributed by atoms with Crippen molar-refractivity contribution in [3.63, 3.8) is 0 Å². The summed E-state index contributed by atoms with van der Waals surface area (Å²) in [7, 11) is 0. The molecule has 4 nitrogen and oxygen atoms in total. The highest BCUT2D eigenvalue weighted by Gasteiger charge is 2.01. The molecule has 0 unspecified atom stereocenters. The van der Waals surface area contributed by atoms with Crippen LogP contribution in [0.4, 0.5) is 0 Å². The molecular weight excluding hydrogens is 144 g/mol. The molecule has 2 aromatic rings. The van der Waals surface area contributed by atoms with Gasteiger partial charge in [0, 0.05) is 0 Å². The Kier molecular flexibility index (Phi) is 1.44. The molecule has 0 N–H and O–H groups in total. The van der Waals surface area contributed by atoms with Crippen molar-refractivity contribution in [1.82, 2.24) is 9.97 Å². The Morgan fingerprint density at radius 1 is 1.36 bits per heavy atom. The summed E-state index contributed by atoms with van der Waals surface area (Å²) in [5, 5.41) is 0. The average Bonchev–Trinajstić information content (AvgIpc) is 2.60. The van der Waals surface area contributed by atoms with E-state index in [1.54, 1.807) is 12.5 Å². The monoisotopic (exact) mass is 150 g/mol. The van der Waals surface area contributed by atoms with E-state index < -0.39 is 0 Å². The molecule has 11 heavy (non-hydrogen) atoms. The maximum absolute atomic E-state index is 5.01. The van der Waals surface area contributed by atoms with Gasteiger partial charge in [-0.25, -0.2) is 9.97 Å². The van der Waals surface area contributed by atoms with Crippen LogP contribution < -0.4 is 0 Å². The number of hydrogen-bond donors (Lipinski definition) is 0. The van der Waals surface area contributed by atoms with Gasteiger partial charge in [-0.2, -0.15) is 0 Å². The molecule has 0 aliphatic heterocycles. The first-order chi connectivity index (χ1) is 5.45. The zero-order chi connectivity index (χ0) is 7.52. The van der Waals surface area contributed by atoms with Crippen molar-refractivity contribution in [2.24, 2.45) is 0 Å². The van der Waals surface area contributed by atoms with E-state index in [1.165, 1.54) is 12.7 Å². The second-order valence-corrected chi connectivity index (χ2v) is 2.08. The number of hydrogen-bond acceptors (Lipinski definition) is 4. The molecule has 0 saturated carbocycles. The van der Waals surface area contributed by atoms with Gasteiger partial charge in [-0.05, 0) is 0 Å². The molecule has 2 aromatic heterocycles. The van der Waals surface area contributed by atoms with Gasteiger partial charge in [0.1, 0.15) is 12.5 Å². The predicted octanol–water partition coefficient (Wildman–Crippen LogP) is 1.25. The van der Waals surface area contributed by atoms with Crippen molar-refractivity contribution in [3.05, 3.63) is 36.7 Å². The number of nitrogens with zero attached hydrogens (tertiary/aromatic N) is 2. The smallest absolute Gasteiger partial charge is 0.200 e. The minimum atomic E-state index is 0.587. The lowest BCUT2D eigenvalue weighted by Crippen LogP contribution is -1.86. The Labute approximate surface area is 62.9 Å². The molecule has 4 heteroatoms. The molecular formula is C7H6N2O2. The van der Waals surface area contributed by atoms with Crippen LogP contribution in [0.15, 0.2) is 34.0 Å². The van der Waals surface area contributed by atoms with Crippen LogP contribution in [0.5, 0.6) is 0 Å². The summed E-state index contributed by atoms with van der Waals surface area (Å²) < 4.78 is 9.80. The van der Waals surface area contributed by atoms with Gasteiger partial charge in [-0.1, -0.05) is 0 Å². The molecule has 2 rings (SSSR count). The van der Waals surface area contributed by atoms with E-state index in [4.69, 9.17) is 8.83 Å². The van der Waals surface area contributed by atoms with Crippen LogP contribution in [0.25, 0.3) is 0 Å². The van der Waals surface area contributed by atoms with Crippen LogP contribution >= 0.6 is 0 Å². The standard InChI is InChI=1S/C7H6N2O2/c1-2-11-7(8-1)3-6-4-10-5-9-6/h1-2,4-5H,3H2. The molecule has 0 aliphatic carbocycles. The van der Waals surface area contributed by atoms with E-state index in [0.717, 1.165) is 5.69 Å². The van der Waals surface area contributed by atoms with Gasteiger partial charge in [-0.3, -0.25) is 0 Å². The van der Waals surface area contributed by atoms with Crippen molar-refractivity contribution in [2.45, 2.75) is 6.42 Å². The summed E-state index contributed by atoms with van der Waals surface area (Å²) >= 11 is 0. The first-order valence-electron chi connectivity index (χ1n) is 3.20. The summed E-state index contributed by atoms with van der Waals surface area (Å²) in [4.78, 5) is 7.87. The summed E-state index contributed by atoms with van der Waals surface area (Å²) in [5.74, 6) is 0.652. The second kappa shape index (κ2) is 2.57. The van der Waals surface area contributed by atoms with E-state index >= 15 is 0 Å². The first-order valence-corrected chi connectivity index (χ1v) is 3.20. The van der Waals surface area contributed by atoms with Crippen molar-refractivity contribution in [2.75, 3.05) is 0 Å². The van der Waals surface area contributed by atoms with E-state index in [0.29, 0.717) is 12.3 Å². The first kappa shape index (κ1) is 6.15. The molecule has 0 bridgehead atoms. The van der Waals surface area contributed by atoms with Gasteiger partial charge in [0.15, 0.2) is 12.3 Å². The quantitative estimate of drug-likeness (QED) is 0.646. The maximum atomic E-state index is 5.01. The van der Waals surface area contributed by atoms with Crippen LogP contribution in [-0.2, 0) is 6.42 Å². The van der Waals surface area contributed by atoms with E-state index in [9.17, 15) is 0 Å². The number of rotatable bonds is 2. The Morgan fingerprint density at radius 2 is 2.36 bits per heavy atom. The summed E-state index contributed by atoms with van der Waals surface area (Å²) in [6.45, 7) is 0. The predicted molar refractivity (Wildman–Crippen MR) is 35.8 cm³/mol. The Hall–Kier alpha value is -1.58. The SMILES string of the molecule is c1coc(Cc2cocn2)n1. The van der Waals surface area contributed by atoms with Crippen LogP contribution in [0.2, 0.25) is 0 Å². The minimum Gasteiger partial charge on any atom is -0.451 e. The fourth-order valence-electron chi connectivity index (χ4n) is 0.820. The van der Waals surface area contributed by atoms with Gasteiger partial charge in [0.2, 0.25) is 0 Å².